The van der Waals surface area contributed by atoms with E-state index in [1.54, 1.807) is 12.1 Å². The summed E-state index contributed by atoms with van der Waals surface area (Å²) in [6.45, 7) is 3.81. The van der Waals surface area contributed by atoms with Crippen LogP contribution in [0.3, 0.4) is 0 Å². The van der Waals surface area contributed by atoms with Gasteiger partial charge in [0.05, 0.1) is 6.54 Å². The lowest BCUT2D eigenvalue weighted by Crippen LogP contribution is -2.22. The fraction of sp³-hybridized carbons (Fsp3) is 0.222. The highest BCUT2D eigenvalue weighted by molar-refractivity contribution is 6.05. The van der Waals surface area contributed by atoms with Crippen molar-refractivity contribution in [2.45, 2.75) is 20.3 Å². The van der Waals surface area contributed by atoms with Gasteiger partial charge in [0.25, 0.3) is 5.91 Å². The van der Waals surface area contributed by atoms with Crippen LogP contribution in [-0.4, -0.2) is 18.4 Å². The van der Waals surface area contributed by atoms with E-state index in [0.717, 1.165) is 17.5 Å². The van der Waals surface area contributed by atoms with Gasteiger partial charge < -0.3 is 16.4 Å². The van der Waals surface area contributed by atoms with E-state index in [1.165, 1.54) is 0 Å². The zero-order valence-electron chi connectivity index (χ0n) is 13.3. The molecular formula is C18H21N3O2. The van der Waals surface area contributed by atoms with Crippen LogP contribution in [0.15, 0.2) is 42.5 Å². The minimum absolute atomic E-state index is 0.0804. The lowest BCUT2D eigenvalue weighted by molar-refractivity contribution is -0.114. The van der Waals surface area contributed by atoms with E-state index in [-0.39, 0.29) is 18.4 Å². The molecule has 5 heteroatoms. The predicted molar refractivity (Wildman–Crippen MR) is 92.6 cm³/mol. The quantitative estimate of drug-likeness (QED) is 0.794. The molecule has 5 nitrogen and oxygen atoms in total. The van der Waals surface area contributed by atoms with Gasteiger partial charge >= 0.3 is 0 Å². The molecule has 0 fully saturated rings. The molecule has 2 aromatic carbocycles. The van der Waals surface area contributed by atoms with Crippen LogP contribution in [0.5, 0.6) is 0 Å². The standard InChI is InChI=1S/C18H21N3O2/c1-3-13-8-9-14(10-16(13)21-17(22)11-19)20-18(23)15-7-5-4-6-12(15)2/h4-10H,3,11,19H2,1-2H3,(H,20,23)(H,21,22). The van der Waals surface area contributed by atoms with Crippen LogP contribution in [0, 0.1) is 6.92 Å². The van der Waals surface area contributed by atoms with E-state index in [0.29, 0.717) is 16.9 Å². The molecule has 0 bridgehead atoms. The molecule has 4 N–H and O–H groups in total. The largest absolute Gasteiger partial charge is 0.325 e. The van der Waals surface area contributed by atoms with Crippen molar-refractivity contribution in [1.29, 1.82) is 0 Å². The SMILES string of the molecule is CCc1ccc(NC(=O)c2ccccc2C)cc1NC(=O)CN. The molecule has 0 aromatic heterocycles. The highest BCUT2D eigenvalue weighted by atomic mass is 16.2. The van der Waals surface area contributed by atoms with Crippen molar-refractivity contribution < 1.29 is 9.59 Å². The number of benzene rings is 2. The molecule has 2 aromatic rings. The lowest BCUT2D eigenvalue weighted by atomic mass is 10.1. The van der Waals surface area contributed by atoms with E-state index in [2.05, 4.69) is 10.6 Å². The molecule has 0 aliphatic rings. The molecule has 0 spiro atoms. The first-order valence-corrected chi connectivity index (χ1v) is 7.55. The maximum Gasteiger partial charge on any atom is 0.255 e. The third kappa shape index (κ3) is 4.17. The van der Waals surface area contributed by atoms with Gasteiger partial charge in [0.1, 0.15) is 0 Å². The van der Waals surface area contributed by atoms with Gasteiger partial charge in [0, 0.05) is 16.9 Å². The molecule has 23 heavy (non-hydrogen) atoms. The highest BCUT2D eigenvalue weighted by Crippen LogP contribution is 2.22. The predicted octanol–water partition coefficient (Wildman–Crippen LogP) is 2.71. The van der Waals surface area contributed by atoms with Crippen molar-refractivity contribution >= 4 is 23.2 Å². The van der Waals surface area contributed by atoms with Crippen molar-refractivity contribution in [1.82, 2.24) is 0 Å². The number of hydrogen-bond acceptors (Lipinski definition) is 3. The van der Waals surface area contributed by atoms with E-state index in [1.807, 2.05) is 44.2 Å². The van der Waals surface area contributed by atoms with Crippen molar-refractivity contribution in [3.8, 4) is 0 Å². The van der Waals surface area contributed by atoms with E-state index < -0.39 is 0 Å². The Hall–Kier alpha value is -2.66. The van der Waals surface area contributed by atoms with Crippen molar-refractivity contribution in [2.24, 2.45) is 5.73 Å². The Balaban J connectivity index is 2.23. The number of hydrogen-bond donors (Lipinski definition) is 3. The highest BCUT2D eigenvalue weighted by Gasteiger charge is 2.11. The van der Waals surface area contributed by atoms with Gasteiger partial charge in [-0.1, -0.05) is 31.2 Å². The van der Waals surface area contributed by atoms with Crippen LogP contribution in [0.1, 0.15) is 28.4 Å². The molecular weight excluding hydrogens is 290 g/mol. The molecule has 0 saturated heterocycles. The van der Waals surface area contributed by atoms with E-state index in [4.69, 9.17) is 5.73 Å². The van der Waals surface area contributed by atoms with E-state index in [9.17, 15) is 9.59 Å². The van der Waals surface area contributed by atoms with Crippen LogP contribution in [-0.2, 0) is 11.2 Å². The fourth-order valence-corrected chi connectivity index (χ4v) is 2.31. The third-order valence-corrected chi connectivity index (χ3v) is 3.60. The molecule has 0 heterocycles. The van der Waals surface area contributed by atoms with Crippen LogP contribution in [0.4, 0.5) is 11.4 Å². The summed E-state index contributed by atoms with van der Waals surface area (Å²) in [5.41, 5.74) is 9.16. The van der Waals surface area contributed by atoms with Gasteiger partial charge in [-0.2, -0.15) is 0 Å². The average molecular weight is 311 g/mol. The third-order valence-electron chi connectivity index (χ3n) is 3.60. The minimum Gasteiger partial charge on any atom is -0.325 e. The Morgan fingerprint density at radius 1 is 1.09 bits per heavy atom. The monoisotopic (exact) mass is 311 g/mol. The van der Waals surface area contributed by atoms with Crippen LogP contribution >= 0.6 is 0 Å². The number of amides is 2. The smallest absolute Gasteiger partial charge is 0.255 e. The molecule has 0 radical (unpaired) electrons. The first-order valence-electron chi connectivity index (χ1n) is 7.55. The summed E-state index contributed by atoms with van der Waals surface area (Å²) >= 11 is 0. The first kappa shape index (κ1) is 16.7. The minimum atomic E-state index is -0.262. The number of nitrogens with one attached hydrogen (secondary N) is 2. The Morgan fingerprint density at radius 3 is 2.48 bits per heavy atom. The van der Waals surface area contributed by atoms with Crippen molar-refractivity contribution in [3.05, 3.63) is 59.2 Å². The number of carbonyl (C=O) groups is 2. The maximum atomic E-state index is 12.4. The van der Waals surface area contributed by atoms with Gasteiger partial charge in [0.2, 0.25) is 5.91 Å². The Bertz CT molecular complexity index is 726. The summed E-state index contributed by atoms with van der Waals surface area (Å²) in [7, 11) is 0. The number of rotatable bonds is 5. The normalized spacial score (nSPS) is 10.2. The summed E-state index contributed by atoms with van der Waals surface area (Å²) in [4.78, 5) is 23.9. The number of aryl methyl sites for hydroxylation is 2. The second-order valence-electron chi connectivity index (χ2n) is 5.25. The molecule has 0 saturated carbocycles. The molecule has 0 aliphatic carbocycles. The van der Waals surface area contributed by atoms with Gasteiger partial charge in [-0.05, 0) is 42.7 Å². The summed E-state index contributed by atoms with van der Waals surface area (Å²) in [5, 5.41) is 5.62. The van der Waals surface area contributed by atoms with Crippen LogP contribution in [0.2, 0.25) is 0 Å². The second kappa shape index (κ2) is 7.56. The fourth-order valence-electron chi connectivity index (χ4n) is 2.31. The average Bonchev–Trinajstić information content (AvgIpc) is 2.55. The van der Waals surface area contributed by atoms with Gasteiger partial charge in [-0.15, -0.1) is 0 Å². The molecule has 0 atom stereocenters. The molecule has 0 aliphatic heterocycles. The second-order valence-corrected chi connectivity index (χ2v) is 5.25. The summed E-state index contributed by atoms with van der Waals surface area (Å²) in [6.07, 6.45) is 0.770. The van der Waals surface area contributed by atoms with Gasteiger partial charge in [0.15, 0.2) is 0 Å². The first-order chi connectivity index (χ1) is 11.0. The maximum absolute atomic E-state index is 12.4. The summed E-state index contributed by atoms with van der Waals surface area (Å²) < 4.78 is 0. The molecule has 120 valence electrons. The van der Waals surface area contributed by atoms with Crippen molar-refractivity contribution in [2.75, 3.05) is 17.2 Å². The summed E-state index contributed by atoms with van der Waals surface area (Å²) in [5.74, 6) is -0.439. The number of nitrogens with two attached hydrogens (primary N) is 1. The molecule has 2 rings (SSSR count). The summed E-state index contributed by atoms with van der Waals surface area (Å²) in [6, 6.07) is 12.9. The van der Waals surface area contributed by atoms with E-state index >= 15 is 0 Å². The Morgan fingerprint density at radius 2 is 1.83 bits per heavy atom. The number of anilines is 2. The van der Waals surface area contributed by atoms with Crippen LogP contribution in [0.25, 0.3) is 0 Å². The van der Waals surface area contributed by atoms with Gasteiger partial charge in [-0.25, -0.2) is 0 Å². The van der Waals surface area contributed by atoms with Gasteiger partial charge in [-0.3, -0.25) is 9.59 Å². The van der Waals surface area contributed by atoms with Crippen LogP contribution < -0.4 is 16.4 Å². The zero-order valence-corrected chi connectivity index (χ0v) is 13.3. The lowest BCUT2D eigenvalue weighted by Gasteiger charge is -2.13. The Kier molecular flexibility index (Phi) is 5.49. The topological polar surface area (TPSA) is 84.2 Å². The molecule has 0 unspecified atom stereocenters. The zero-order chi connectivity index (χ0) is 16.8. The van der Waals surface area contributed by atoms with Crippen molar-refractivity contribution in [3.63, 3.8) is 0 Å². The molecule has 2 amide bonds. The Labute approximate surface area is 135 Å². The number of carbonyl (C=O) groups excluding carboxylic acids is 2.